The fourth-order valence-corrected chi connectivity index (χ4v) is 1.68. The van der Waals surface area contributed by atoms with Gasteiger partial charge in [0.25, 0.3) is 0 Å². The van der Waals surface area contributed by atoms with E-state index < -0.39 is 0 Å². The smallest absolute Gasteiger partial charge is 0.0950 e. The highest BCUT2D eigenvalue weighted by atomic mass is 16.5. The van der Waals surface area contributed by atoms with E-state index in [-0.39, 0.29) is 6.04 Å². The third kappa shape index (κ3) is 2.28. The Bertz CT molecular complexity index is 467. The Hall–Kier alpha value is -1.68. The number of aromatic nitrogens is 2. The van der Waals surface area contributed by atoms with E-state index in [0.29, 0.717) is 6.61 Å². The van der Waals surface area contributed by atoms with Crippen molar-refractivity contribution in [2.75, 3.05) is 19.0 Å². The van der Waals surface area contributed by atoms with Crippen LogP contribution in [0.5, 0.6) is 0 Å². The molecule has 1 unspecified atom stereocenters. The molecule has 0 aliphatic carbocycles. The first-order valence-corrected chi connectivity index (χ1v) is 5.27. The molecule has 0 bridgehead atoms. The summed E-state index contributed by atoms with van der Waals surface area (Å²) < 4.78 is 5.09. The van der Waals surface area contributed by atoms with Gasteiger partial charge in [0.1, 0.15) is 0 Å². The summed E-state index contributed by atoms with van der Waals surface area (Å²) in [5.74, 6) is 0. The standard InChI is InChI=1S/C12H15N3O/c1-9(8-16-2)14-12-7-13-15-11-6-4-3-5-10(11)12/h3-7,9H,8H2,1-2H3,(H,14,15). The molecule has 0 saturated heterocycles. The van der Waals surface area contributed by atoms with Crippen LogP contribution in [0.2, 0.25) is 0 Å². The van der Waals surface area contributed by atoms with Crippen LogP contribution < -0.4 is 5.32 Å². The molecule has 1 atom stereocenters. The van der Waals surface area contributed by atoms with Crippen LogP contribution in [-0.4, -0.2) is 30.0 Å². The normalized spacial score (nSPS) is 12.6. The number of ether oxygens (including phenoxy) is 1. The van der Waals surface area contributed by atoms with E-state index in [4.69, 9.17) is 4.74 Å². The van der Waals surface area contributed by atoms with Gasteiger partial charge in [0.15, 0.2) is 0 Å². The van der Waals surface area contributed by atoms with Crippen LogP contribution in [0.1, 0.15) is 6.92 Å². The Labute approximate surface area is 94.6 Å². The zero-order chi connectivity index (χ0) is 11.4. The van der Waals surface area contributed by atoms with Crippen LogP contribution in [0.4, 0.5) is 5.69 Å². The zero-order valence-electron chi connectivity index (χ0n) is 9.47. The lowest BCUT2D eigenvalue weighted by atomic mass is 10.2. The van der Waals surface area contributed by atoms with Crippen molar-refractivity contribution < 1.29 is 4.74 Å². The summed E-state index contributed by atoms with van der Waals surface area (Å²) in [6, 6.07) is 8.19. The van der Waals surface area contributed by atoms with Crippen molar-refractivity contribution in [1.82, 2.24) is 10.2 Å². The molecule has 1 N–H and O–H groups in total. The number of nitrogens with zero attached hydrogens (tertiary/aromatic N) is 2. The number of methoxy groups -OCH3 is 1. The second-order valence-electron chi connectivity index (χ2n) is 3.78. The van der Waals surface area contributed by atoms with Crippen molar-refractivity contribution in [1.29, 1.82) is 0 Å². The van der Waals surface area contributed by atoms with E-state index in [1.807, 2.05) is 24.3 Å². The SMILES string of the molecule is COCC(C)Nc1cnnc2ccccc12. The topological polar surface area (TPSA) is 47.0 Å². The van der Waals surface area contributed by atoms with E-state index in [9.17, 15) is 0 Å². The monoisotopic (exact) mass is 217 g/mol. The van der Waals surface area contributed by atoms with Gasteiger partial charge in [-0.2, -0.15) is 10.2 Å². The average Bonchev–Trinajstić information content (AvgIpc) is 2.30. The van der Waals surface area contributed by atoms with Gasteiger partial charge in [-0.1, -0.05) is 18.2 Å². The van der Waals surface area contributed by atoms with Gasteiger partial charge in [0, 0.05) is 18.5 Å². The number of hydrogen-bond donors (Lipinski definition) is 1. The first-order valence-electron chi connectivity index (χ1n) is 5.27. The molecule has 2 aromatic rings. The van der Waals surface area contributed by atoms with Crippen molar-refractivity contribution in [3.63, 3.8) is 0 Å². The van der Waals surface area contributed by atoms with Gasteiger partial charge >= 0.3 is 0 Å². The maximum absolute atomic E-state index is 5.09. The first kappa shape index (κ1) is 10.8. The van der Waals surface area contributed by atoms with Crippen LogP contribution >= 0.6 is 0 Å². The van der Waals surface area contributed by atoms with Crippen LogP contribution in [0.15, 0.2) is 30.5 Å². The van der Waals surface area contributed by atoms with E-state index in [1.165, 1.54) is 0 Å². The van der Waals surface area contributed by atoms with Gasteiger partial charge < -0.3 is 10.1 Å². The third-order valence-electron chi connectivity index (χ3n) is 2.37. The molecule has 84 valence electrons. The summed E-state index contributed by atoms with van der Waals surface area (Å²) in [5, 5.41) is 12.5. The molecule has 1 heterocycles. The fourth-order valence-electron chi connectivity index (χ4n) is 1.68. The van der Waals surface area contributed by atoms with Gasteiger partial charge in [0.05, 0.1) is 24.0 Å². The summed E-state index contributed by atoms with van der Waals surface area (Å²) in [4.78, 5) is 0. The highest BCUT2D eigenvalue weighted by molar-refractivity contribution is 5.90. The van der Waals surface area contributed by atoms with E-state index in [1.54, 1.807) is 13.3 Å². The molecular formula is C12H15N3O. The largest absolute Gasteiger partial charge is 0.383 e. The third-order valence-corrected chi connectivity index (χ3v) is 2.37. The summed E-state index contributed by atoms with van der Waals surface area (Å²) in [6.45, 7) is 2.73. The Morgan fingerprint density at radius 1 is 1.38 bits per heavy atom. The molecule has 2 rings (SSSR count). The number of fused-ring (bicyclic) bond motifs is 1. The summed E-state index contributed by atoms with van der Waals surface area (Å²) in [5.41, 5.74) is 1.90. The molecule has 4 heteroatoms. The number of benzene rings is 1. The summed E-state index contributed by atoms with van der Waals surface area (Å²) in [6.07, 6.45) is 1.74. The number of hydrogen-bond acceptors (Lipinski definition) is 4. The number of rotatable bonds is 4. The fraction of sp³-hybridized carbons (Fsp3) is 0.333. The van der Waals surface area contributed by atoms with Gasteiger partial charge in [-0.05, 0) is 13.0 Å². The minimum atomic E-state index is 0.248. The van der Waals surface area contributed by atoms with Crippen molar-refractivity contribution >= 4 is 16.6 Å². The van der Waals surface area contributed by atoms with Gasteiger partial charge in [0.2, 0.25) is 0 Å². The number of nitrogens with one attached hydrogen (secondary N) is 1. The lowest BCUT2D eigenvalue weighted by Gasteiger charge is -2.14. The zero-order valence-corrected chi connectivity index (χ0v) is 9.47. The first-order chi connectivity index (χ1) is 7.81. The lowest BCUT2D eigenvalue weighted by Crippen LogP contribution is -2.21. The molecule has 1 aromatic heterocycles. The molecule has 0 fully saturated rings. The van der Waals surface area contributed by atoms with Gasteiger partial charge in [-0.15, -0.1) is 0 Å². The maximum Gasteiger partial charge on any atom is 0.0950 e. The molecule has 0 amide bonds. The van der Waals surface area contributed by atoms with Crippen LogP contribution in [-0.2, 0) is 4.74 Å². The molecule has 0 aliphatic rings. The lowest BCUT2D eigenvalue weighted by molar-refractivity contribution is 0.190. The maximum atomic E-state index is 5.09. The van der Waals surface area contributed by atoms with Crippen LogP contribution in [0.3, 0.4) is 0 Å². The van der Waals surface area contributed by atoms with Gasteiger partial charge in [-0.3, -0.25) is 0 Å². The van der Waals surface area contributed by atoms with Crippen molar-refractivity contribution in [3.8, 4) is 0 Å². The Morgan fingerprint density at radius 3 is 3.00 bits per heavy atom. The molecule has 0 radical (unpaired) electrons. The van der Waals surface area contributed by atoms with E-state index >= 15 is 0 Å². The average molecular weight is 217 g/mol. The molecule has 0 saturated carbocycles. The van der Waals surface area contributed by atoms with Crippen molar-refractivity contribution in [2.45, 2.75) is 13.0 Å². The molecular weight excluding hydrogens is 202 g/mol. The predicted octanol–water partition coefficient (Wildman–Crippen LogP) is 2.08. The number of anilines is 1. The second-order valence-corrected chi connectivity index (χ2v) is 3.78. The van der Waals surface area contributed by atoms with Crippen LogP contribution in [0.25, 0.3) is 10.9 Å². The predicted molar refractivity (Wildman–Crippen MR) is 64.5 cm³/mol. The quantitative estimate of drug-likeness (QED) is 0.851. The molecule has 16 heavy (non-hydrogen) atoms. The molecule has 1 aromatic carbocycles. The van der Waals surface area contributed by atoms with Crippen molar-refractivity contribution in [3.05, 3.63) is 30.5 Å². The Morgan fingerprint density at radius 2 is 2.19 bits per heavy atom. The minimum Gasteiger partial charge on any atom is -0.383 e. The molecule has 0 spiro atoms. The second kappa shape index (κ2) is 4.90. The highest BCUT2D eigenvalue weighted by Crippen LogP contribution is 2.20. The van der Waals surface area contributed by atoms with Crippen molar-refractivity contribution in [2.24, 2.45) is 0 Å². The van der Waals surface area contributed by atoms with E-state index in [0.717, 1.165) is 16.6 Å². The Balaban J connectivity index is 2.30. The van der Waals surface area contributed by atoms with Gasteiger partial charge in [-0.25, -0.2) is 0 Å². The molecule has 4 nitrogen and oxygen atoms in total. The Kier molecular flexibility index (Phi) is 3.31. The summed E-state index contributed by atoms with van der Waals surface area (Å²) in [7, 11) is 1.70. The highest BCUT2D eigenvalue weighted by Gasteiger charge is 2.05. The van der Waals surface area contributed by atoms with Crippen LogP contribution in [0, 0.1) is 0 Å². The molecule has 0 aliphatic heterocycles. The summed E-state index contributed by atoms with van der Waals surface area (Å²) >= 11 is 0. The minimum absolute atomic E-state index is 0.248. The van der Waals surface area contributed by atoms with E-state index in [2.05, 4.69) is 22.4 Å².